The highest BCUT2D eigenvalue weighted by atomic mass is 16.7. The molecule has 2 aromatic rings. The summed E-state index contributed by atoms with van der Waals surface area (Å²) in [7, 11) is 0. The van der Waals surface area contributed by atoms with E-state index in [9.17, 15) is 14.4 Å². The predicted molar refractivity (Wildman–Crippen MR) is 107 cm³/mol. The molecule has 1 unspecified atom stereocenters. The van der Waals surface area contributed by atoms with Crippen LogP contribution in [0.15, 0.2) is 42.5 Å². The Labute approximate surface area is 173 Å². The SMILES string of the molecule is CC1(c2ccc3c(c2)OCO3)NC(=O)N(CC(=O)N2CCCc3ccccc32)C1=O. The van der Waals surface area contributed by atoms with Crippen molar-refractivity contribution in [3.05, 3.63) is 53.6 Å². The van der Waals surface area contributed by atoms with Crippen molar-refractivity contribution in [1.29, 1.82) is 0 Å². The number of fused-ring (bicyclic) bond motifs is 2. The van der Waals surface area contributed by atoms with Crippen LogP contribution in [0.25, 0.3) is 0 Å². The van der Waals surface area contributed by atoms with Gasteiger partial charge in [0.15, 0.2) is 11.5 Å². The van der Waals surface area contributed by atoms with Gasteiger partial charge in [-0.05, 0) is 49.1 Å². The molecular formula is C22H21N3O5. The van der Waals surface area contributed by atoms with Crippen molar-refractivity contribution in [3.8, 4) is 11.5 Å². The molecule has 0 aromatic heterocycles. The third-order valence-corrected chi connectivity index (χ3v) is 5.93. The van der Waals surface area contributed by atoms with Crippen molar-refractivity contribution < 1.29 is 23.9 Å². The average Bonchev–Trinajstić information content (AvgIpc) is 3.31. The number of amides is 4. The Morgan fingerprint density at radius 3 is 2.80 bits per heavy atom. The highest BCUT2D eigenvalue weighted by Crippen LogP contribution is 2.38. The summed E-state index contributed by atoms with van der Waals surface area (Å²) in [5.41, 5.74) is 1.24. The first-order chi connectivity index (χ1) is 14.5. The van der Waals surface area contributed by atoms with Crippen LogP contribution in [0.1, 0.15) is 24.5 Å². The number of para-hydroxylation sites is 1. The summed E-state index contributed by atoms with van der Waals surface area (Å²) in [6.45, 7) is 2.01. The summed E-state index contributed by atoms with van der Waals surface area (Å²) in [5, 5.41) is 2.74. The second-order valence-corrected chi connectivity index (χ2v) is 7.79. The number of nitrogens with zero attached hydrogens (tertiary/aromatic N) is 2. The first-order valence-corrected chi connectivity index (χ1v) is 9.90. The number of imide groups is 1. The zero-order chi connectivity index (χ0) is 20.9. The van der Waals surface area contributed by atoms with Gasteiger partial charge >= 0.3 is 6.03 Å². The third-order valence-electron chi connectivity index (χ3n) is 5.93. The van der Waals surface area contributed by atoms with Crippen molar-refractivity contribution >= 4 is 23.5 Å². The first kappa shape index (κ1) is 18.5. The van der Waals surface area contributed by atoms with Crippen LogP contribution in [-0.4, -0.2) is 42.6 Å². The number of benzene rings is 2. The molecule has 4 amide bonds. The van der Waals surface area contributed by atoms with Gasteiger partial charge in [-0.2, -0.15) is 0 Å². The van der Waals surface area contributed by atoms with Crippen LogP contribution in [0.5, 0.6) is 11.5 Å². The van der Waals surface area contributed by atoms with Crippen LogP contribution in [0.4, 0.5) is 10.5 Å². The van der Waals surface area contributed by atoms with Gasteiger partial charge in [0.2, 0.25) is 12.7 Å². The van der Waals surface area contributed by atoms with Crippen molar-refractivity contribution in [2.24, 2.45) is 0 Å². The summed E-state index contributed by atoms with van der Waals surface area (Å²) in [4.78, 5) is 41.5. The lowest BCUT2D eigenvalue weighted by atomic mass is 9.91. The number of carbonyl (C=O) groups is 3. The Bertz CT molecular complexity index is 1070. The van der Waals surface area contributed by atoms with Crippen LogP contribution >= 0.6 is 0 Å². The molecule has 3 aliphatic rings. The Balaban J connectivity index is 1.38. The van der Waals surface area contributed by atoms with E-state index in [0.717, 1.165) is 29.0 Å². The molecule has 1 N–H and O–H groups in total. The number of anilines is 1. The van der Waals surface area contributed by atoms with Crippen molar-refractivity contribution in [3.63, 3.8) is 0 Å². The van der Waals surface area contributed by atoms with E-state index in [1.165, 1.54) is 0 Å². The van der Waals surface area contributed by atoms with E-state index in [4.69, 9.17) is 9.47 Å². The minimum Gasteiger partial charge on any atom is -0.454 e. The molecule has 154 valence electrons. The van der Waals surface area contributed by atoms with Crippen LogP contribution in [-0.2, 0) is 21.5 Å². The second-order valence-electron chi connectivity index (χ2n) is 7.79. The molecule has 0 aliphatic carbocycles. The Kier molecular flexibility index (Phi) is 4.16. The maximum absolute atomic E-state index is 13.2. The van der Waals surface area contributed by atoms with Gasteiger partial charge in [0, 0.05) is 12.2 Å². The summed E-state index contributed by atoms with van der Waals surface area (Å²) in [6, 6.07) is 12.3. The highest BCUT2D eigenvalue weighted by molar-refractivity contribution is 6.10. The second kappa shape index (κ2) is 6.76. The number of carbonyl (C=O) groups excluding carboxylic acids is 3. The molecule has 5 rings (SSSR count). The predicted octanol–water partition coefficient (Wildman–Crippen LogP) is 2.16. The molecule has 3 heterocycles. The summed E-state index contributed by atoms with van der Waals surface area (Å²) >= 11 is 0. The van der Waals surface area contributed by atoms with Gasteiger partial charge in [-0.25, -0.2) is 4.79 Å². The number of ether oxygens (including phenoxy) is 2. The molecule has 1 saturated heterocycles. The number of rotatable bonds is 3. The quantitative estimate of drug-likeness (QED) is 0.788. The van der Waals surface area contributed by atoms with Gasteiger partial charge in [0.25, 0.3) is 5.91 Å². The van der Waals surface area contributed by atoms with Gasteiger partial charge < -0.3 is 19.7 Å². The smallest absolute Gasteiger partial charge is 0.325 e. The lowest BCUT2D eigenvalue weighted by Crippen LogP contribution is -2.46. The molecule has 3 aliphatic heterocycles. The number of urea groups is 1. The maximum atomic E-state index is 13.2. The molecule has 0 radical (unpaired) electrons. The van der Waals surface area contributed by atoms with Crippen LogP contribution in [0, 0.1) is 0 Å². The van der Waals surface area contributed by atoms with Crippen LogP contribution in [0.3, 0.4) is 0 Å². The van der Waals surface area contributed by atoms with E-state index in [2.05, 4.69) is 5.32 Å². The van der Waals surface area contributed by atoms with Crippen LogP contribution < -0.4 is 19.7 Å². The van der Waals surface area contributed by atoms with E-state index in [-0.39, 0.29) is 19.2 Å². The van der Waals surface area contributed by atoms with Crippen molar-refractivity contribution in [2.75, 3.05) is 24.8 Å². The minimum atomic E-state index is -1.28. The molecule has 2 aromatic carbocycles. The maximum Gasteiger partial charge on any atom is 0.325 e. The fraction of sp³-hybridized carbons (Fsp3) is 0.318. The largest absolute Gasteiger partial charge is 0.454 e. The number of nitrogens with one attached hydrogen (secondary N) is 1. The Hall–Kier alpha value is -3.55. The topological polar surface area (TPSA) is 88.2 Å². The first-order valence-electron chi connectivity index (χ1n) is 9.90. The monoisotopic (exact) mass is 407 g/mol. The minimum absolute atomic E-state index is 0.119. The number of hydrogen-bond acceptors (Lipinski definition) is 5. The van der Waals surface area contributed by atoms with Gasteiger partial charge in [-0.1, -0.05) is 24.3 Å². The molecule has 1 atom stereocenters. The Morgan fingerprint density at radius 1 is 1.13 bits per heavy atom. The lowest BCUT2D eigenvalue weighted by molar-refractivity contribution is -0.134. The zero-order valence-corrected chi connectivity index (χ0v) is 16.5. The molecule has 8 heteroatoms. The van der Waals surface area contributed by atoms with E-state index >= 15 is 0 Å². The average molecular weight is 407 g/mol. The summed E-state index contributed by atoms with van der Waals surface area (Å²) < 4.78 is 10.7. The summed E-state index contributed by atoms with van der Waals surface area (Å²) in [5.74, 6) is 0.371. The molecule has 0 bridgehead atoms. The molecule has 0 spiro atoms. The summed E-state index contributed by atoms with van der Waals surface area (Å²) in [6.07, 6.45) is 1.75. The van der Waals surface area contributed by atoms with Gasteiger partial charge in [-0.3, -0.25) is 14.5 Å². The van der Waals surface area contributed by atoms with Crippen molar-refractivity contribution in [2.45, 2.75) is 25.3 Å². The lowest BCUT2D eigenvalue weighted by Gasteiger charge is -2.30. The molecule has 0 saturated carbocycles. The molecule has 30 heavy (non-hydrogen) atoms. The Morgan fingerprint density at radius 2 is 1.93 bits per heavy atom. The fourth-order valence-corrected chi connectivity index (χ4v) is 4.26. The van der Waals surface area contributed by atoms with Crippen molar-refractivity contribution in [1.82, 2.24) is 10.2 Å². The normalized spacial score (nSPS) is 22.2. The van der Waals surface area contributed by atoms with Crippen LogP contribution in [0.2, 0.25) is 0 Å². The van der Waals surface area contributed by atoms with Gasteiger partial charge in [0.1, 0.15) is 12.1 Å². The molecular weight excluding hydrogens is 386 g/mol. The fourth-order valence-electron chi connectivity index (χ4n) is 4.26. The standard InChI is InChI=1S/C22H21N3O5/c1-22(15-8-9-17-18(11-15)30-13-29-17)20(27)25(21(28)23-22)12-19(26)24-10-4-6-14-5-2-3-7-16(14)24/h2-3,5,7-9,11H,4,6,10,12-13H2,1H3,(H,23,28). The third kappa shape index (κ3) is 2.79. The van der Waals surface area contributed by atoms with Gasteiger partial charge in [0.05, 0.1) is 0 Å². The number of hydrogen-bond donors (Lipinski definition) is 1. The molecule has 8 nitrogen and oxygen atoms in total. The molecule has 1 fully saturated rings. The number of aryl methyl sites for hydroxylation is 1. The highest BCUT2D eigenvalue weighted by Gasteiger charge is 2.50. The van der Waals surface area contributed by atoms with Gasteiger partial charge in [-0.15, -0.1) is 0 Å². The van der Waals surface area contributed by atoms with E-state index in [1.54, 1.807) is 30.0 Å². The zero-order valence-electron chi connectivity index (χ0n) is 16.5. The van der Waals surface area contributed by atoms with E-state index < -0.39 is 17.5 Å². The van der Waals surface area contributed by atoms with E-state index in [0.29, 0.717) is 23.6 Å². The van der Waals surface area contributed by atoms with E-state index in [1.807, 2.05) is 24.3 Å².